The van der Waals surface area contributed by atoms with Gasteiger partial charge in [-0.15, -0.1) is 0 Å². The van der Waals surface area contributed by atoms with Crippen LogP contribution in [0, 0.1) is 0 Å². The number of hydrazine groups is 1. The number of amides is 1. The second-order valence-corrected chi connectivity index (χ2v) is 13.2. The van der Waals surface area contributed by atoms with Crippen molar-refractivity contribution >= 4 is 41.0 Å². The maximum absolute atomic E-state index is 14.4. The van der Waals surface area contributed by atoms with Gasteiger partial charge in [-0.2, -0.15) is 0 Å². The Kier molecular flexibility index (Phi) is 13.3. The molecule has 1 aliphatic rings. The van der Waals surface area contributed by atoms with Crippen LogP contribution in [0.15, 0.2) is 76.8 Å². The molecule has 12 nitrogen and oxygen atoms in total. The highest BCUT2D eigenvalue weighted by Gasteiger charge is 2.54. The first kappa shape index (κ1) is 37.5. The fourth-order valence-corrected chi connectivity index (χ4v) is 5.75. The van der Waals surface area contributed by atoms with Crippen molar-refractivity contribution in [3.8, 4) is 5.75 Å². The number of aliphatic hydroxyl groups is 1. The van der Waals surface area contributed by atoms with Crippen molar-refractivity contribution in [1.82, 2.24) is 10.9 Å². The number of carbonyl (C=O) groups excluding carboxylic acids is 2. The number of benzene rings is 3. The van der Waals surface area contributed by atoms with Crippen LogP contribution in [0.3, 0.4) is 0 Å². The molecule has 3 aromatic carbocycles. The summed E-state index contributed by atoms with van der Waals surface area (Å²) in [6.07, 6.45) is -0.243. The van der Waals surface area contributed by atoms with Gasteiger partial charge in [-0.1, -0.05) is 58.6 Å². The Morgan fingerprint density at radius 1 is 1.10 bits per heavy atom. The molecule has 3 N–H and O–H groups in total. The van der Waals surface area contributed by atoms with Gasteiger partial charge in [0.25, 0.3) is 5.91 Å². The zero-order chi connectivity index (χ0) is 35.4. The fraction of sp³-hybridized carbons (Fsp3) is 0.400. The summed E-state index contributed by atoms with van der Waals surface area (Å²) in [7, 11) is 0. The standard InChI is InChI=1S/C35H40Cl2N6O6/c1-34(2,3)49-30(45)15-17-35(33(46)42-39-18-16-23-9-12-26(36)21-29(23)37)31(28-8-5-4-7-25(28)22-40-43-38)48-32(41-35)24-10-13-27(14-11-24)47-20-6-19-44/h4-5,7-14,21,31,39,44H,6,15-20,22H2,1-3H3,(H,42,46)/t31-,35-/m0/s1. The minimum atomic E-state index is -1.65. The molecule has 0 bridgehead atoms. The van der Waals surface area contributed by atoms with Gasteiger partial charge in [0.1, 0.15) is 11.4 Å². The summed E-state index contributed by atoms with van der Waals surface area (Å²) in [4.78, 5) is 35.3. The summed E-state index contributed by atoms with van der Waals surface area (Å²) in [5.74, 6) is -0.274. The van der Waals surface area contributed by atoms with Crippen molar-refractivity contribution in [3.05, 3.63) is 109 Å². The van der Waals surface area contributed by atoms with Crippen molar-refractivity contribution in [2.24, 2.45) is 10.1 Å². The van der Waals surface area contributed by atoms with Crippen LogP contribution in [0.4, 0.5) is 0 Å². The molecule has 0 unspecified atom stereocenters. The normalized spacial score (nSPS) is 17.0. The molecule has 0 spiro atoms. The van der Waals surface area contributed by atoms with E-state index in [4.69, 9.17) is 53.0 Å². The zero-order valence-electron chi connectivity index (χ0n) is 27.6. The second kappa shape index (κ2) is 17.4. The molecule has 0 saturated heterocycles. The van der Waals surface area contributed by atoms with Gasteiger partial charge in [-0.3, -0.25) is 15.0 Å². The highest BCUT2D eigenvalue weighted by molar-refractivity contribution is 6.35. The number of rotatable bonds is 16. The molecule has 0 fully saturated rings. The maximum atomic E-state index is 14.4. The number of carbonyl (C=O) groups is 2. The molecular weight excluding hydrogens is 671 g/mol. The number of aliphatic hydroxyl groups excluding tert-OH is 1. The molecule has 4 rings (SSSR count). The van der Waals surface area contributed by atoms with Crippen molar-refractivity contribution in [3.63, 3.8) is 0 Å². The van der Waals surface area contributed by atoms with Crippen molar-refractivity contribution in [2.75, 3.05) is 19.8 Å². The van der Waals surface area contributed by atoms with E-state index >= 15 is 0 Å². The molecule has 1 heterocycles. The molecule has 14 heteroatoms. The lowest BCUT2D eigenvalue weighted by Crippen LogP contribution is -2.53. The third-order valence-corrected chi connectivity index (χ3v) is 8.13. The fourth-order valence-electron chi connectivity index (χ4n) is 5.25. The average Bonchev–Trinajstić information content (AvgIpc) is 3.46. The van der Waals surface area contributed by atoms with E-state index < -0.39 is 29.1 Å². The SMILES string of the molecule is CC(C)(C)OC(=O)CC[C@]1(C(=O)NNCCc2ccc(Cl)cc2Cl)N=C(c2ccc(OCCCO)cc2)O[C@H]1c1ccccc1CN=[N+]=[N-]. The van der Waals surface area contributed by atoms with Crippen LogP contribution in [-0.4, -0.2) is 53.8 Å². The molecule has 260 valence electrons. The van der Waals surface area contributed by atoms with Crippen LogP contribution >= 0.6 is 23.2 Å². The Labute approximate surface area is 295 Å². The third kappa shape index (κ3) is 10.3. The van der Waals surface area contributed by atoms with E-state index in [1.54, 1.807) is 81.4 Å². The van der Waals surface area contributed by atoms with Gasteiger partial charge in [-0.05, 0) is 92.2 Å². The van der Waals surface area contributed by atoms with Gasteiger partial charge in [0.2, 0.25) is 5.90 Å². The van der Waals surface area contributed by atoms with Gasteiger partial charge in [0.15, 0.2) is 11.6 Å². The van der Waals surface area contributed by atoms with Crippen LogP contribution in [-0.2, 0) is 32.0 Å². The first-order valence-corrected chi connectivity index (χ1v) is 16.6. The quantitative estimate of drug-likeness (QED) is 0.0367. The van der Waals surface area contributed by atoms with Crippen molar-refractivity contribution < 1.29 is 28.9 Å². The number of halogens is 2. The molecule has 0 aliphatic carbocycles. The van der Waals surface area contributed by atoms with E-state index in [9.17, 15) is 9.59 Å². The van der Waals surface area contributed by atoms with Gasteiger partial charge in [0.05, 0.1) is 13.2 Å². The molecular formula is C35H40Cl2N6O6. The van der Waals surface area contributed by atoms with Gasteiger partial charge in [-0.25, -0.2) is 10.4 Å². The van der Waals surface area contributed by atoms with Gasteiger partial charge >= 0.3 is 5.97 Å². The minimum Gasteiger partial charge on any atom is -0.494 e. The van der Waals surface area contributed by atoms with E-state index in [0.717, 1.165) is 5.56 Å². The highest BCUT2D eigenvalue weighted by atomic mass is 35.5. The summed E-state index contributed by atoms with van der Waals surface area (Å²) < 4.78 is 17.8. The van der Waals surface area contributed by atoms with Crippen LogP contribution in [0.2, 0.25) is 10.0 Å². The summed E-state index contributed by atoms with van der Waals surface area (Å²) in [5, 5.41) is 13.9. The van der Waals surface area contributed by atoms with E-state index in [0.29, 0.717) is 58.5 Å². The Morgan fingerprint density at radius 3 is 2.55 bits per heavy atom. The largest absolute Gasteiger partial charge is 0.494 e. The lowest BCUT2D eigenvalue weighted by Gasteiger charge is -2.31. The first-order chi connectivity index (χ1) is 23.5. The Hall–Kier alpha value is -4.32. The van der Waals surface area contributed by atoms with E-state index in [-0.39, 0.29) is 31.9 Å². The summed E-state index contributed by atoms with van der Waals surface area (Å²) in [5.41, 5.74) is 15.1. The average molecular weight is 712 g/mol. The predicted octanol–water partition coefficient (Wildman–Crippen LogP) is 6.81. The Bertz CT molecular complexity index is 1690. The topological polar surface area (TPSA) is 167 Å². The number of aliphatic imine (C=N–C) groups is 1. The first-order valence-electron chi connectivity index (χ1n) is 15.8. The lowest BCUT2D eigenvalue weighted by atomic mass is 9.82. The highest BCUT2D eigenvalue weighted by Crippen LogP contribution is 2.44. The number of esters is 1. The molecule has 0 saturated carbocycles. The second-order valence-electron chi connectivity index (χ2n) is 12.3. The van der Waals surface area contributed by atoms with Crippen molar-refractivity contribution in [2.45, 2.75) is 70.2 Å². The van der Waals surface area contributed by atoms with E-state index in [2.05, 4.69) is 20.9 Å². The van der Waals surface area contributed by atoms with E-state index in [1.165, 1.54) is 0 Å². The minimum absolute atomic E-state index is 0.00556. The Morgan fingerprint density at radius 2 is 1.86 bits per heavy atom. The zero-order valence-corrected chi connectivity index (χ0v) is 29.1. The molecule has 0 aromatic heterocycles. The van der Waals surface area contributed by atoms with E-state index in [1.807, 2.05) is 6.07 Å². The third-order valence-electron chi connectivity index (χ3n) is 7.54. The van der Waals surface area contributed by atoms with Crippen LogP contribution in [0.1, 0.15) is 68.4 Å². The molecule has 1 amide bonds. The number of ether oxygens (including phenoxy) is 3. The number of hydrogen-bond donors (Lipinski definition) is 3. The van der Waals surface area contributed by atoms with Crippen molar-refractivity contribution in [1.29, 1.82) is 0 Å². The number of hydrogen-bond acceptors (Lipinski definition) is 9. The number of azide groups is 1. The molecule has 3 aromatic rings. The van der Waals surface area contributed by atoms with Crippen LogP contribution < -0.4 is 15.6 Å². The molecule has 0 radical (unpaired) electrons. The number of nitrogens with one attached hydrogen (secondary N) is 2. The molecule has 2 atom stereocenters. The van der Waals surface area contributed by atoms with Gasteiger partial charge in [0, 0.05) is 46.5 Å². The van der Waals surface area contributed by atoms with Crippen LogP contribution in [0.5, 0.6) is 5.75 Å². The lowest BCUT2D eigenvalue weighted by molar-refractivity contribution is -0.155. The Balaban J connectivity index is 1.71. The van der Waals surface area contributed by atoms with Gasteiger partial charge < -0.3 is 19.3 Å². The summed E-state index contributed by atoms with van der Waals surface area (Å²) in [6.45, 7) is 6.00. The number of nitrogens with zero attached hydrogens (tertiary/aromatic N) is 4. The molecule has 1 aliphatic heterocycles. The monoisotopic (exact) mass is 710 g/mol. The predicted molar refractivity (Wildman–Crippen MR) is 187 cm³/mol. The summed E-state index contributed by atoms with van der Waals surface area (Å²) in [6, 6.07) is 19.4. The molecule has 49 heavy (non-hydrogen) atoms. The van der Waals surface area contributed by atoms with Crippen LogP contribution in [0.25, 0.3) is 10.4 Å². The smallest absolute Gasteiger partial charge is 0.306 e. The summed E-state index contributed by atoms with van der Waals surface area (Å²) >= 11 is 12.4. The maximum Gasteiger partial charge on any atom is 0.306 e.